The van der Waals surface area contributed by atoms with E-state index in [4.69, 9.17) is 5.11 Å². The van der Waals surface area contributed by atoms with E-state index in [1.165, 1.54) is 12.1 Å². The van der Waals surface area contributed by atoms with E-state index in [1.807, 2.05) is 0 Å². The standard InChI is InChI=1S/C9H7F3O2/c10-7(11)8(12)14-9(13)6-4-2-1-3-5-6/h1-5,9,13H. The minimum atomic E-state index is -2.60. The van der Waals surface area contributed by atoms with Crippen molar-refractivity contribution in [2.45, 2.75) is 6.29 Å². The van der Waals surface area contributed by atoms with Crippen molar-refractivity contribution < 1.29 is 23.0 Å². The van der Waals surface area contributed by atoms with Crippen LogP contribution in [-0.4, -0.2) is 5.11 Å². The third-order valence-corrected chi connectivity index (χ3v) is 1.45. The number of ether oxygens (including phenoxy) is 1. The van der Waals surface area contributed by atoms with Gasteiger partial charge < -0.3 is 9.84 Å². The van der Waals surface area contributed by atoms with Crippen LogP contribution < -0.4 is 0 Å². The fourth-order valence-electron chi connectivity index (χ4n) is 0.828. The molecule has 0 fully saturated rings. The van der Waals surface area contributed by atoms with Gasteiger partial charge in [-0.25, -0.2) is 0 Å². The Morgan fingerprint density at radius 2 is 1.71 bits per heavy atom. The smallest absolute Gasteiger partial charge is 0.342 e. The van der Waals surface area contributed by atoms with Crippen molar-refractivity contribution in [1.29, 1.82) is 0 Å². The molecule has 0 bridgehead atoms. The lowest BCUT2D eigenvalue weighted by molar-refractivity contribution is -0.0943. The predicted molar refractivity (Wildman–Crippen MR) is 42.8 cm³/mol. The van der Waals surface area contributed by atoms with Crippen molar-refractivity contribution in [1.82, 2.24) is 0 Å². The Morgan fingerprint density at radius 1 is 1.14 bits per heavy atom. The van der Waals surface area contributed by atoms with Gasteiger partial charge in [-0.05, 0) is 0 Å². The summed E-state index contributed by atoms with van der Waals surface area (Å²) < 4.78 is 39.3. The molecule has 1 aromatic rings. The molecule has 1 aromatic carbocycles. The van der Waals surface area contributed by atoms with E-state index in [0.717, 1.165) is 0 Å². The molecule has 0 radical (unpaired) electrons. The fourth-order valence-corrected chi connectivity index (χ4v) is 0.828. The monoisotopic (exact) mass is 204 g/mol. The van der Waals surface area contributed by atoms with Crippen LogP contribution >= 0.6 is 0 Å². The van der Waals surface area contributed by atoms with Gasteiger partial charge in [0.2, 0.25) is 6.29 Å². The summed E-state index contributed by atoms with van der Waals surface area (Å²) in [6.07, 6.45) is -4.32. The topological polar surface area (TPSA) is 29.5 Å². The Bertz CT molecular complexity index is 320. The molecule has 0 amide bonds. The highest BCUT2D eigenvalue weighted by atomic mass is 19.3. The van der Waals surface area contributed by atoms with Gasteiger partial charge in [-0.1, -0.05) is 30.3 Å². The molecule has 0 aliphatic heterocycles. The van der Waals surface area contributed by atoms with Crippen molar-refractivity contribution in [3.8, 4) is 0 Å². The van der Waals surface area contributed by atoms with Crippen molar-refractivity contribution in [3.05, 3.63) is 48.0 Å². The average molecular weight is 204 g/mol. The summed E-state index contributed by atoms with van der Waals surface area (Å²) in [7, 11) is 0. The maximum absolute atomic E-state index is 12.2. The van der Waals surface area contributed by atoms with Crippen LogP contribution in [0.2, 0.25) is 0 Å². The van der Waals surface area contributed by atoms with E-state index in [0.29, 0.717) is 0 Å². The molecule has 0 spiro atoms. The number of hydrogen-bond acceptors (Lipinski definition) is 2. The van der Waals surface area contributed by atoms with E-state index in [2.05, 4.69) is 4.74 Å². The summed E-state index contributed by atoms with van der Waals surface area (Å²) in [6, 6.07) is 5.58. The zero-order valence-electron chi connectivity index (χ0n) is 6.95. The van der Waals surface area contributed by atoms with E-state index < -0.39 is 18.4 Å². The Hall–Kier alpha value is -1.49. The number of benzene rings is 1. The number of hydrogen-bond donors (Lipinski definition) is 1. The summed E-state index contributed by atoms with van der Waals surface area (Å²) >= 11 is 0. The van der Waals surface area contributed by atoms with Crippen molar-refractivity contribution in [2.24, 2.45) is 0 Å². The number of aliphatic hydroxyl groups excluding tert-OH is 1. The Labute approximate surface area is 78.2 Å². The second-order valence-electron chi connectivity index (χ2n) is 2.42. The van der Waals surface area contributed by atoms with Crippen molar-refractivity contribution >= 4 is 0 Å². The van der Waals surface area contributed by atoms with Crippen LogP contribution in [0.25, 0.3) is 0 Å². The molecule has 5 heteroatoms. The van der Waals surface area contributed by atoms with E-state index in [9.17, 15) is 13.2 Å². The molecule has 76 valence electrons. The third kappa shape index (κ3) is 2.77. The largest absolute Gasteiger partial charge is 0.433 e. The highest BCUT2D eigenvalue weighted by Gasteiger charge is 2.14. The Morgan fingerprint density at radius 3 is 2.21 bits per heavy atom. The first kappa shape index (κ1) is 10.6. The van der Waals surface area contributed by atoms with Crippen LogP contribution in [0.1, 0.15) is 11.9 Å². The lowest BCUT2D eigenvalue weighted by Gasteiger charge is -2.10. The zero-order chi connectivity index (χ0) is 10.6. The van der Waals surface area contributed by atoms with Gasteiger partial charge in [0, 0.05) is 5.56 Å². The molecule has 2 nitrogen and oxygen atoms in total. The van der Waals surface area contributed by atoms with Crippen molar-refractivity contribution in [2.75, 3.05) is 0 Å². The minimum Gasteiger partial charge on any atom is -0.433 e. The van der Waals surface area contributed by atoms with Gasteiger partial charge >= 0.3 is 12.1 Å². The molecule has 0 saturated carbocycles. The second-order valence-corrected chi connectivity index (χ2v) is 2.42. The van der Waals surface area contributed by atoms with Crippen LogP contribution in [0.4, 0.5) is 13.2 Å². The first-order chi connectivity index (χ1) is 6.61. The maximum atomic E-state index is 12.2. The Kier molecular flexibility index (Phi) is 3.53. The van der Waals surface area contributed by atoms with Gasteiger partial charge in [-0.2, -0.15) is 13.2 Å². The third-order valence-electron chi connectivity index (χ3n) is 1.45. The first-order valence-electron chi connectivity index (χ1n) is 3.71. The lowest BCUT2D eigenvalue weighted by Crippen LogP contribution is -2.01. The molecule has 1 atom stereocenters. The molecule has 1 unspecified atom stereocenters. The molecule has 0 aliphatic rings. The number of aliphatic hydroxyl groups is 1. The van der Waals surface area contributed by atoms with Crippen LogP contribution in [0, 0.1) is 0 Å². The summed E-state index contributed by atoms with van der Waals surface area (Å²) in [6.45, 7) is 0. The normalized spacial score (nSPS) is 12.0. The number of halogens is 3. The van der Waals surface area contributed by atoms with E-state index in [-0.39, 0.29) is 5.56 Å². The lowest BCUT2D eigenvalue weighted by atomic mass is 10.2. The second kappa shape index (κ2) is 4.66. The maximum Gasteiger partial charge on any atom is 0.342 e. The Balaban J connectivity index is 2.69. The molecule has 1 N–H and O–H groups in total. The molecular formula is C9H7F3O2. The number of rotatable bonds is 3. The van der Waals surface area contributed by atoms with Gasteiger partial charge in [-0.3, -0.25) is 0 Å². The summed E-state index contributed by atoms with van der Waals surface area (Å²) in [5.74, 6) is 0. The van der Waals surface area contributed by atoms with Gasteiger partial charge in [0.05, 0.1) is 0 Å². The highest BCUT2D eigenvalue weighted by Crippen LogP contribution is 2.20. The highest BCUT2D eigenvalue weighted by molar-refractivity contribution is 5.15. The van der Waals surface area contributed by atoms with Gasteiger partial charge in [0.15, 0.2) is 0 Å². The predicted octanol–water partition coefficient (Wildman–Crippen LogP) is 2.73. The zero-order valence-corrected chi connectivity index (χ0v) is 6.95. The van der Waals surface area contributed by atoms with E-state index in [1.54, 1.807) is 18.2 Å². The molecule has 1 rings (SSSR count). The molecule has 0 aliphatic carbocycles. The quantitative estimate of drug-likeness (QED) is 0.605. The van der Waals surface area contributed by atoms with Gasteiger partial charge in [0.25, 0.3) is 0 Å². The van der Waals surface area contributed by atoms with Gasteiger partial charge in [0.1, 0.15) is 0 Å². The average Bonchev–Trinajstić information content (AvgIpc) is 2.19. The molecule has 0 heterocycles. The molecule has 0 aromatic heterocycles. The summed E-state index contributed by atoms with van der Waals surface area (Å²) in [5.41, 5.74) is 0.198. The SMILES string of the molecule is OC(OC(F)=C(F)F)c1ccccc1. The fraction of sp³-hybridized carbons (Fsp3) is 0.111. The van der Waals surface area contributed by atoms with Gasteiger partial charge in [-0.15, -0.1) is 0 Å². The van der Waals surface area contributed by atoms with Crippen LogP contribution in [0.3, 0.4) is 0 Å². The molecule has 0 saturated heterocycles. The van der Waals surface area contributed by atoms with Crippen LogP contribution in [0.15, 0.2) is 42.4 Å². The van der Waals surface area contributed by atoms with E-state index >= 15 is 0 Å². The van der Waals surface area contributed by atoms with Crippen LogP contribution in [0.5, 0.6) is 0 Å². The van der Waals surface area contributed by atoms with Crippen LogP contribution in [-0.2, 0) is 4.74 Å². The molecular weight excluding hydrogens is 197 g/mol. The van der Waals surface area contributed by atoms with Crippen molar-refractivity contribution in [3.63, 3.8) is 0 Å². The summed E-state index contributed by atoms with van der Waals surface area (Å²) in [4.78, 5) is 0. The summed E-state index contributed by atoms with van der Waals surface area (Å²) in [5, 5.41) is 9.11. The minimum absolute atomic E-state index is 0.198. The molecule has 14 heavy (non-hydrogen) atoms. The first-order valence-corrected chi connectivity index (χ1v) is 3.71.